The van der Waals surface area contributed by atoms with Gasteiger partial charge in [-0.1, -0.05) is 6.08 Å². The number of fused-ring (bicyclic) bond motifs is 1. The van der Waals surface area contributed by atoms with Crippen molar-refractivity contribution in [2.24, 2.45) is 0 Å². The SMILES string of the molecule is CC(=O)c1cnc2n1CCN(C(=O)/C=C/CNC(C)(C)C)C2. The molecule has 1 N–H and O–H groups in total. The summed E-state index contributed by atoms with van der Waals surface area (Å²) >= 11 is 0. The number of amides is 1. The molecule has 0 saturated heterocycles. The lowest BCUT2D eigenvalue weighted by molar-refractivity contribution is -0.127. The Labute approximate surface area is 131 Å². The minimum Gasteiger partial charge on any atom is -0.330 e. The summed E-state index contributed by atoms with van der Waals surface area (Å²) in [6, 6.07) is 0. The van der Waals surface area contributed by atoms with E-state index in [1.54, 1.807) is 17.2 Å². The van der Waals surface area contributed by atoms with E-state index in [4.69, 9.17) is 0 Å². The number of carbonyl (C=O) groups excluding carboxylic acids is 2. The van der Waals surface area contributed by atoms with Crippen molar-refractivity contribution < 1.29 is 9.59 Å². The summed E-state index contributed by atoms with van der Waals surface area (Å²) < 4.78 is 1.90. The number of nitrogens with one attached hydrogen (secondary N) is 1. The summed E-state index contributed by atoms with van der Waals surface area (Å²) in [5.41, 5.74) is 0.652. The third-order valence-corrected chi connectivity index (χ3v) is 3.55. The van der Waals surface area contributed by atoms with Crippen LogP contribution in [0.25, 0.3) is 0 Å². The van der Waals surface area contributed by atoms with E-state index in [0.29, 0.717) is 31.9 Å². The van der Waals surface area contributed by atoms with Gasteiger partial charge in [-0.2, -0.15) is 0 Å². The molecular weight excluding hydrogens is 280 g/mol. The van der Waals surface area contributed by atoms with E-state index in [-0.39, 0.29) is 17.2 Å². The first-order valence-corrected chi connectivity index (χ1v) is 7.54. The van der Waals surface area contributed by atoms with Crippen molar-refractivity contribution in [3.05, 3.63) is 29.9 Å². The monoisotopic (exact) mass is 304 g/mol. The van der Waals surface area contributed by atoms with Gasteiger partial charge in [-0.15, -0.1) is 0 Å². The largest absolute Gasteiger partial charge is 0.330 e. The molecule has 1 amide bonds. The molecular formula is C16H24N4O2. The number of Topliss-reactive ketones (excluding diaryl/α,β-unsaturated/α-hetero) is 1. The van der Waals surface area contributed by atoms with Crippen LogP contribution in [0.1, 0.15) is 44.0 Å². The Morgan fingerprint density at radius 3 is 2.73 bits per heavy atom. The van der Waals surface area contributed by atoms with Gasteiger partial charge in [0.2, 0.25) is 5.91 Å². The van der Waals surface area contributed by atoms with Gasteiger partial charge in [0.15, 0.2) is 5.78 Å². The van der Waals surface area contributed by atoms with Crippen LogP contribution in [-0.4, -0.2) is 44.8 Å². The van der Waals surface area contributed by atoms with E-state index < -0.39 is 0 Å². The van der Waals surface area contributed by atoms with E-state index in [9.17, 15) is 9.59 Å². The quantitative estimate of drug-likeness (QED) is 0.674. The summed E-state index contributed by atoms with van der Waals surface area (Å²) in [6.45, 7) is 10.1. The van der Waals surface area contributed by atoms with Crippen molar-refractivity contribution in [3.8, 4) is 0 Å². The summed E-state index contributed by atoms with van der Waals surface area (Å²) in [5.74, 6) is 0.757. The van der Waals surface area contributed by atoms with Crippen molar-refractivity contribution in [1.29, 1.82) is 0 Å². The summed E-state index contributed by atoms with van der Waals surface area (Å²) in [4.78, 5) is 29.7. The Kier molecular flexibility index (Phi) is 4.81. The molecule has 22 heavy (non-hydrogen) atoms. The van der Waals surface area contributed by atoms with Gasteiger partial charge in [-0.3, -0.25) is 9.59 Å². The fourth-order valence-electron chi connectivity index (χ4n) is 2.36. The maximum Gasteiger partial charge on any atom is 0.246 e. The van der Waals surface area contributed by atoms with Crippen molar-refractivity contribution >= 4 is 11.7 Å². The maximum atomic E-state index is 12.2. The number of ketones is 1. The van der Waals surface area contributed by atoms with Gasteiger partial charge in [0.1, 0.15) is 11.5 Å². The van der Waals surface area contributed by atoms with Gasteiger partial charge in [0.05, 0.1) is 12.7 Å². The minimum atomic E-state index is -0.0191. The van der Waals surface area contributed by atoms with Crippen molar-refractivity contribution in [1.82, 2.24) is 19.8 Å². The molecule has 6 nitrogen and oxygen atoms in total. The minimum absolute atomic E-state index is 0.00618. The van der Waals surface area contributed by atoms with Gasteiger partial charge < -0.3 is 14.8 Å². The number of nitrogens with zero attached hydrogens (tertiary/aromatic N) is 3. The highest BCUT2D eigenvalue weighted by Gasteiger charge is 2.23. The van der Waals surface area contributed by atoms with Crippen LogP contribution >= 0.6 is 0 Å². The molecule has 0 aliphatic carbocycles. The van der Waals surface area contributed by atoms with E-state index in [1.165, 1.54) is 6.92 Å². The Morgan fingerprint density at radius 2 is 2.09 bits per heavy atom. The Morgan fingerprint density at radius 1 is 1.36 bits per heavy atom. The third-order valence-electron chi connectivity index (χ3n) is 3.55. The lowest BCUT2D eigenvalue weighted by atomic mass is 10.1. The molecule has 1 aromatic rings. The molecule has 0 unspecified atom stereocenters. The van der Waals surface area contributed by atoms with E-state index in [0.717, 1.165) is 5.82 Å². The van der Waals surface area contributed by atoms with Gasteiger partial charge in [-0.25, -0.2) is 4.98 Å². The second kappa shape index (κ2) is 6.44. The Balaban J connectivity index is 1.93. The zero-order valence-electron chi connectivity index (χ0n) is 13.7. The fourth-order valence-corrected chi connectivity index (χ4v) is 2.36. The first kappa shape index (κ1) is 16.4. The topological polar surface area (TPSA) is 67.2 Å². The van der Waals surface area contributed by atoms with Crippen LogP contribution in [0.15, 0.2) is 18.3 Å². The molecule has 0 saturated carbocycles. The van der Waals surface area contributed by atoms with E-state index in [1.807, 2.05) is 10.6 Å². The lowest BCUT2D eigenvalue weighted by Gasteiger charge is -2.27. The number of carbonyl (C=O) groups is 2. The maximum absolute atomic E-state index is 12.2. The number of rotatable bonds is 4. The highest BCUT2D eigenvalue weighted by atomic mass is 16.2. The van der Waals surface area contributed by atoms with Crippen LogP contribution in [0, 0.1) is 0 Å². The molecule has 0 radical (unpaired) electrons. The van der Waals surface area contributed by atoms with Crippen LogP contribution in [-0.2, 0) is 17.9 Å². The predicted octanol–water partition coefficient (Wildman–Crippen LogP) is 1.37. The second-order valence-electron chi connectivity index (χ2n) is 6.56. The van der Waals surface area contributed by atoms with Crippen molar-refractivity contribution in [3.63, 3.8) is 0 Å². The third kappa shape index (κ3) is 4.04. The van der Waals surface area contributed by atoms with Crippen LogP contribution in [0.5, 0.6) is 0 Å². The predicted molar refractivity (Wildman–Crippen MR) is 84.5 cm³/mol. The summed E-state index contributed by atoms with van der Waals surface area (Å²) in [7, 11) is 0. The van der Waals surface area contributed by atoms with Crippen LogP contribution < -0.4 is 5.32 Å². The van der Waals surface area contributed by atoms with Crippen LogP contribution in [0.3, 0.4) is 0 Å². The highest BCUT2D eigenvalue weighted by Crippen LogP contribution is 2.15. The molecule has 120 valence electrons. The van der Waals surface area contributed by atoms with Crippen molar-refractivity contribution in [2.75, 3.05) is 13.1 Å². The first-order chi connectivity index (χ1) is 10.3. The van der Waals surface area contributed by atoms with Crippen LogP contribution in [0.2, 0.25) is 0 Å². The number of hydrogen-bond acceptors (Lipinski definition) is 4. The Bertz CT molecular complexity index is 596. The second-order valence-corrected chi connectivity index (χ2v) is 6.56. The number of aromatic nitrogens is 2. The molecule has 1 aliphatic rings. The molecule has 0 atom stereocenters. The normalized spacial score (nSPS) is 15.2. The molecule has 6 heteroatoms. The van der Waals surface area contributed by atoms with Crippen LogP contribution in [0.4, 0.5) is 0 Å². The number of imidazole rings is 1. The molecule has 0 fully saturated rings. The Hall–Kier alpha value is -1.95. The molecule has 1 aliphatic heterocycles. The zero-order chi connectivity index (χ0) is 16.3. The number of hydrogen-bond donors (Lipinski definition) is 1. The van der Waals surface area contributed by atoms with Crippen molar-refractivity contribution in [2.45, 2.75) is 46.3 Å². The van der Waals surface area contributed by atoms with Gasteiger partial charge in [0, 0.05) is 38.2 Å². The summed E-state index contributed by atoms with van der Waals surface area (Å²) in [5, 5.41) is 3.30. The standard InChI is InChI=1S/C16H24N4O2/c1-12(21)13-10-17-14-11-19(8-9-20(13)14)15(22)6-5-7-18-16(2,3)4/h5-6,10,18H,7-9,11H2,1-4H3/b6-5+. The molecule has 0 aromatic carbocycles. The van der Waals surface area contributed by atoms with E-state index >= 15 is 0 Å². The molecule has 0 spiro atoms. The van der Waals surface area contributed by atoms with Gasteiger partial charge >= 0.3 is 0 Å². The smallest absolute Gasteiger partial charge is 0.246 e. The summed E-state index contributed by atoms with van der Waals surface area (Å²) in [6.07, 6.45) is 5.04. The fraction of sp³-hybridized carbons (Fsp3) is 0.562. The first-order valence-electron chi connectivity index (χ1n) is 7.54. The molecule has 1 aromatic heterocycles. The van der Waals surface area contributed by atoms with Gasteiger partial charge in [0.25, 0.3) is 0 Å². The average molecular weight is 304 g/mol. The van der Waals surface area contributed by atoms with E-state index in [2.05, 4.69) is 31.1 Å². The molecule has 2 heterocycles. The molecule has 2 rings (SSSR count). The molecule has 0 bridgehead atoms. The zero-order valence-corrected chi connectivity index (χ0v) is 13.7. The average Bonchev–Trinajstić information content (AvgIpc) is 2.85. The lowest BCUT2D eigenvalue weighted by Crippen LogP contribution is -2.38. The highest BCUT2D eigenvalue weighted by molar-refractivity contribution is 5.92. The van der Waals surface area contributed by atoms with Gasteiger partial charge in [-0.05, 0) is 20.8 Å².